The zero-order valence-corrected chi connectivity index (χ0v) is 6.16. The Kier molecular flexibility index (Phi) is 6.29. The molecule has 1 amide bonds. The highest BCUT2D eigenvalue weighted by molar-refractivity contribution is 6.00. The Hall–Kier alpha value is -0.610. The molecule has 0 spiro atoms. The quantitative estimate of drug-likeness (QED) is 0.473. The molecule has 0 saturated carbocycles. The lowest BCUT2D eigenvalue weighted by molar-refractivity contribution is -0.130. The third kappa shape index (κ3) is 3.42. The number of piperidine rings is 1. The zero-order chi connectivity index (χ0) is 5.98. The summed E-state index contributed by atoms with van der Waals surface area (Å²) in [6.45, 7) is 0.525. The Morgan fingerprint density at radius 2 is 1.90 bits per heavy atom. The molecule has 0 aliphatic carbocycles. The molecule has 0 aromatic heterocycles. The van der Waals surface area contributed by atoms with Crippen LogP contribution in [0.1, 0.15) is 12.8 Å². The molecule has 0 aromatic carbocycles. The Bertz CT molecular complexity index is 123. The average Bonchev–Trinajstić information content (AvgIpc) is 1.64. The summed E-state index contributed by atoms with van der Waals surface area (Å²) in [6, 6.07) is 0. The van der Waals surface area contributed by atoms with Gasteiger partial charge in [-0.3, -0.25) is 9.59 Å². The van der Waals surface area contributed by atoms with Gasteiger partial charge >= 0.3 is 0 Å². The van der Waals surface area contributed by atoms with Gasteiger partial charge in [-0.15, -0.1) is 12.4 Å². The summed E-state index contributed by atoms with van der Waals surface area (Å²) in [5.41, 5.74) is 0. The maximum absolute atomic E-state index is 10.4. The normalized spacial score (nSPS) is 16.4. The summed E-state index contributed by atoms with van der Waals surface area (Å²) in [7, 11) is 0. The fourth-order valence-electron chi connectivity index (χ4n) is 0.671. The summed E-state index contributed by atoms with van der Waals surface area (Å²) in [6.07, 6.45) is 0.589. The number of ketones is 1. The Labute approximate surface area is 64.7 Å². The minimum absolute atomic E-state index is 0. The first-order valence-electron chi connectivity index (χ1n) is 2.57. The van der Waals surface area contributed by atoms with Gasteiger partial charge in [-0.1, -0.05) is 0 Å². The van der Waals surface area contributed by atoms with Gasteiger partial charge in [0.05, 0.1) is 6.42 Å². The van der Waals surface area contributed by atoms with Crippen molar-refractivity contribution in [1.82, 2.24) is 5.32 Å². The van der Waals surface area contributed by atoms with Gasteiger partial charge in [0.25, 0.3) is 0 Å². The molecule has 3 N–H and O–H groups in total. The van der Waals surface area contributed by atoms with E-state index in [1.807, 2.05) is 0 Å². The SMILES string of the molecule is Cl.O.O=C1CCNC(=O)C1. The van der Waals surface area contributed by atoms with Crippen LogP contribution in [0, 0.1) is 0 Å². The molecule has 0 radical (unpaired) electrons. The third-order valence-electron chi connectivity index (χ3n) is 1.08. The van der Waals surface area contributed by atoms with Crippen LogP contribution in [0.4, 0.5) is 0 Å². The predicted octanol–water partition coefficient (Wildman–Crippen LogP) is -0.937. The van der Waals surface area contributed by atoms with Crippen molar-refractivity contribution in [3.8, 4) is 0 Å². The van der Waals surface area contributed by atoms with Crippen LogP contribution in [-0.2, 0) is 9.59 Å². The predicted molar refractivity (Wildman–Crippen MR) is 38.1 cm³/mol. The zero-order valence-electron chi connectivity index (χ0n) is 5.35. The first kappa shape index (κ1) is 12.1. The molecule has 4 nitrogen and oxygen atoms in total. The van der Waals surface area contributed by atoms with Crippen molar-refractivity contribution in [1.29, 1.82) is 0 Å². The molecule has 1 aliphatic rings. The molecule has 0 aromatic rings. The molecule has 1 rings (SSSR count). The van der Waals surface area contributed by atoms with Gasteiger partial charge in [0.2, 0.25) is 5.91 Å². The number of carbonyl (C=O) groups excluding carboxylic acids is 2. The number of rotatable bonds is 0. The van der Waals surface area contributed by atoms with E-state index < -0.39 is 0 Å². The van der Waals surface area contributed by atoms with E-state index >= 15 is 0 Å². The fraction of sp³-hybridized carbons (Fsp3) is 0.600. The number of amides is 1. The molecule has 1 aliphatic heterocycles. The number of hydrogen-bond donors (Lipinski definition) is 1. The molecule has 0 atom stereocenters. The van der Waals surface area contributed by atoms with Crippen molar-refractivity contribution in [3.05, 3.63) is 0 Å². The third-order valence-corrected chi connectivity index (χ3v) is 1.08. The van der Waals surface area contributed by atoms with Crippen molar-refractivity contribution < 1.29 is 15.1 Å². The van der Waals surface area contributed by atoms with E-state index in [2.05, 4.69) is 5.32 Å². The van der Waals surface area contributed by atoms with Crippen LogP contribution in [0.5, 0.6) is 0 Å². The van der Waals surface area contributed by atoms with Crippen molar-refractivity contribution in [2.24, 2.45) is 0 Å². The fourth-order valence-corrected chi connectivity index (χ4v) is 0.671. The smallest absolute Gasteiger partial charge is 0.227 e. The highest BCUT2D eigenvalue weighted by atomic mass is 35.5. The van der Waals surface area contributed by atoms with Crippen LogP contribution < -0.4 is 5.32 Å². The first-order valence-corrected chi connectivity index (χ1v) is 2.57. The lowest BCUT2D eigenvalue weighted by Crippen LogP contribution is -2.33. The van der Waals surface area contributed by atoms with E-state index in [0.717, 1.165) is 0 Å². The van der Waals surface area contributed by atoms with Crippen molar-refractivity contribution >= 4 is 24.1 Å². The van der Waals surface area contributed by atoms with Crippen LogP contribution in [0.2, 0.25) is 0 Å². The van der Waals surface area contributed by atoms with Crippen molar-refractivity contribution in [3.63, 3.8) is 0 Å². The second-order valence-electron chi connectivity index (χ2n) is 1.82. The second kappa shape index (κ2) is 5.20. The van der Waals surface area contributed by atoms with Gasteiger partial charge in [0, 0.05) is 13.0 Å². The van der Waals surface area contributed by atoms with Crippen LogP contribution >= 0.6 is 12.4 Å². The number of hydrogen-bond acceptors (Lipinski definition) is 2. The molecule has 5 heteroatoms. The molecule has 10 heavy (non-hydrogen) atoms. The lowest BCUT2D eigenvalue weighted by Gasteiger charge is -2.08. The van der Waals surface area contributed by atoms with Gasteiger partial charge in [-0.25, -0.2) is 0 Å². The molecule has 0 unspecified atom stereocenters. The second-order valence-corrected chi connectivity index (χ2v) is 1.82. The molecule has 1 fully saturated rings. The molecule has 0 bridgehead atoms. The van der Waals surface area contributed by atoms with Crippen molar-refractivity contribution in [2.75, 3.05) is 6.54 Å². The number of carbonyl (C=O) groups is 2. The standard InChI is InChI=1S/C5H7NO2.ClH.H2O/c7-4-1-2-6-5(8)3-4;;/h1-3H2,(H,6,8);1H;1H2. The van der Waals surface area contributed by atoms with Gasteiger partial charge in [-0.2, -0.15) is 0 Å². The Morgan fingerprint density at radius 1 is 1.30 bits per heavy atom. The van der Waals surface area contributed by atoms with Gasteiger partial charge in [0.15, 0.2) is 0 Å². The summed E-state index contributed by atoms with van der Waals surface area (Å²) in [4.78, 5) is 20.8. The minimum atomic E-state index is -0.138. The van der Waals surface area contributed by atoms with Crippen LogP contribution in [0.15, 0.2) is 0 Å². The lowest BCUT2D eigenvalue weighted by atomic mass is 10.1. The molecular weight excluding hydrogens is 158 g/mol. The van der Waals surface area contributed by atoms with E-state index in [4.69, 9.17) is 0 Å². The maximum atomic E-state index is 10.4. The van der Waals surface area contributed by atoms with E-state index in [9.17, 15) is 9.59 Å². The van der Waals surface area contributed by atoms with Gasteiger partial charge < -0.3 is 10.8 Å². The van der Waals surface area contributed by atoms with Gasteiger partial charge in [-0.05, 0) is 0 Å². The molecule has 1 saturated heterocycles. The van der Waals surface area contributed by atoms with E-state index in [1.54, 1.807) is 0 Å². The minimum Gasteiger partial charge on any atom is -0.412 e. The highest BCUT2D eigenvalue weighted by Gasteiger charge is 2.13. The number of halogens is 1. The number of Topliss-reactive ketones (excluding diaryl/α,β-unsaturated/α-hetero) is 1. The molecular formula is C5H10ClNO3. The number of nitrogens with one attached hydrogen (secondary N) is 1. The first-order chi connectivity index (χ1) is 3.79. The molecule has 60 valence electrons. The van der Waals surface area contributed by atoms with E-state index in [1.165, 1.54) is 0 Å². The summed E-state index contributed by atoms with van der Waals surface area (Å²) in [5.74, 6) is -0.0880. The monoisotopic (exact) mass is 167 g/mol. The average molecular weight is 168 g/mol. The van der Waals surface area contributed by atoms with E-state index in [-0.39, 0.29) is 36.0 Å². The largest absolute Gasteiger partial charge is 0.412 e. The molecule has 1 heterocycles. The van der Waals surface area contributed by atoms with Crippen LogP contribution in [0.25, 0.3) is 0 Å². The van der Waals surface area contributed by atoms with Gasteiger partial charge in [0.1, 0.15) is 5.78 Å². The van der Waals surface area contributed by atoms with Crippen molar-refractivity contribution in [2.45, 2.75) is 12.8 Å². The topological polar surface area (TPSA) is 77.7 Å². The summed E-state index contributed by atoms with van der Waals surface area (Å²) < 4.78 is 0. The Balaban J connectivity index is 0. The highest BCUT2D eigenvalue weighted by Crippen LogP contribution is 1.94. The summed E-state index contributed by atoms with van der Waals surface area (Å²) in [5, 5.41) is 2.55. The Morgan fingerprint density at radius 3 is 2.20 bits per heavy atom. The van der Waals surface area contributed by atoms with Crippen LogP contribution in [-0.4, -0.2) is 23.7 Å². The van der Waals surface area contributed by atoms with E-state index in [0.29, 0.717) is 13.0 Å². The maximum Gasteiger partial charge on any atom is 0.227 e. The summed E-state index contributed by atoms with van der Waals surface area (Å²) >= 11 is 0. The van der Waals surface area contributed by atoms with Crippen LogP contribution in [0.3, 0.4) is 0 Å².